The van der Waals surface area contributed by atoms with Crippen molar-refractivity contribution in [2.75, 3.05) is 26.2 Å². The molecule has 1 aliphatic rings. The summed E-state index contributed by atoms with van der Waals surface area (Å²) in [4.78, 5) is 0. The van der Waals surface area contributed by atoms with Crippen LogP contribution in [0.25, 0.3) is 0 Å². The van der Waals surface area contributed by atoms with Crippen molar-refractivity contribution in [3.8, 4) is 0 Å². The van der Waals surface area contributed by atoms with Gasteiger partial charge in [0, 0.05) is 19.6 Å². The molecular formula is C8H16N2O. The maximum absolute atomic E-state index is 5.43. The third-order valence-electron chi connectivity index (χ3n) is 1.63. The first-order valence-electron chi connectivity index (χ1n) is 4.12. The van der Waals surface area contributed by atoms with Gasteiger partial charge >= 0.3 is 0 Å². The summed E-state index contributed by atoms with van der Waals surface area (Å²) in [6.07, 6.45) is 5.58. The first kappa shape index (κ1) is 8.71. The van der Waals surface area contributed by atoms with Crippen molar-refractivity contribution in [1.29, 1.82) is 0 Å². The summed E-state index contributed by atoms with van der Waals surface area (Å²) < 4.78 is 5.43. The fraction of sp³-hybridized carbons (Fsp3) is 0.750. The molecule has 0 aromatic heterocycles. The fourth-order valence-corrected chi connectivity index (χ4v) is 1.06. The van der Waals surface area contributed by atoms with E-state index in [4.69, 9.17) is 10.5 Å². The Bertz CT molecular complexity index is 125. The average molecular weight is 156 g/mol. The monoisotopic (exact) mass is 156 g/mol. The Labute approximate surface area is 67.6 Å². The van der Waals surface area contributed by atoms with Crippen molar-refractivity contribution < 1.29 is 4.74 Å². The van der Waals surface area contributed by atoms with Crippen LogP contribution in [0.1, 0.15) is 6.42 Å². The number of rotatable bonds is 4. The standard InChI is InChI=1S/C8H16N2O/c9-4-5-10-7-8-3-1-2-6-11-8/h1,3,8,10H,2,4-7,9H2. The number of hydrogen-bond donors (Lipinski definition) is 2. The SMILES string of the molecule is NCCNCC1C=CCCO1. The van der Waals surface area contributed by atoms with E-state index in [2.05, 4.69) is 17.5 Å². The molecule has 0 aromatic rings. The Morgan fingerprint density at radius 1 is 1.64 bits per heavy atom. The molecule has 0 amide bonds. The predicted octanol–water partition coefficient (Wildman–Crippen LogP) is -0.120. The van der Waals surface area contributed by atoms with Gasteiger partial charge in [-0.2, -0.15) is 0 Å². The van der Waals surface area contributed by atoms with Crippen LogP contribution in [0.5, 0.6) is 0 Å². The molecule has 1 atom stereocenters. The van der Waals surface area contributed by atoms with Gasteiger partial charge in [-0.05, 0) is 6.42 Å². The molecule has 0 bridgehead atoms. The van der Waals surface area contributed by atoms with Crippen LogP contribution in [0.15, 0.2) is 12.2 Å². The highest BCUT2D eigenvalue weighted by Crippen LogP contribution is 2.02. The molecular weight excluding hydrogens is 140 g/mol. The van der Waals surface area contributed by atoms with E-state index in [1.165, 1.54) is 0 Å². The predicted molar refractivity (Wildman–Crippen MR) is 45.4 cm³/mol. The van der Waals surface area contributed by atoms with Crippen molar-refractivity contribution in [2.24, 2.45) is 5.73 Å². The van der Waals surface area contributed by atoms with Crippen LogP contribution < -0.4 is 11.1 Å². The molecule has 3 heteroatoms. The quantitative estimate of drug-likeness (QED) is 0.440. The van der Waals surface area contributed by atoms with Gasteiger partial charge in [0.05, 0.1) is 12.7 Å². The molecule has 0 fully saturated rings. The minimum Gasteiger partial charge on any atom is -0.373 e. The largest absolute Gasteiger partial charge is 0.373 e. The molecule has 64 valence electrons. The van der Waals surface area contributed by atoms with E-state index < -0.39 is 0 Å². The molecule has 11 heavy (non-hydrogen) atoms. The van der Waals surface area contributed by atoms with Crippen LogP contribution in [0.2, 0.25) is 0 Å². The minimum absolute atomic E-state index is 0.260. The number of hydrogen-bond acceptors (Lipinski definition) is 3. The Morgan fingerprint density at radius 2 is 2.55 bits per heavy atom. The van der Waals surface area contributed by atoms with Gasteiger partial charge < -0.3 is 15.8 Å². The summed E-state index contributed by atoms with van der Waals surface area (Å²) >= 11 is 0. The van der Waals surface area contributed by atoms with Crippen LogP contribution in [-0.2, 0) is 4.74 Å². The van der Waals surface area contributed by atoms with Gasteiger partial charge in [0.1, 0.15) is 0 Å². The lowest BCUT2D eigenvalue weighted by atomic mass is 10.2. The summed E-state index contributed by atoms with van der Waals surface area (Å²) in [6, 6.07) is 0. The van der Waals surface area contributed by atoms with Gasteiger partial charge in [0.2, 0.25) is 0 Å². The van der Waals surface area contributed by atoms with E-state index in [9.17, 15) is 0 Å². The van der Waals surface area contributed by atoms with Gasteiger partial charge in [-0.15, -0.1) is 0 Å². The topological polar surface area (TPSA) is 47.3 Å². The maximum atomic E-state index is 5.43. The van der Waals surface area contributed by atoms with E-state index in [0.29, 0.717) is 6.54 Å². The molecule has 1 rings (SSSR count). The molecule has 0 spiro atoms. The fourth-order valence-electron chi connectivity index (χ4n) is 1.06. The Hall–Kier alpha value is -0.380. The lowest BCUT2D eigenvalue weighted by Crippen LogP contribution is -2.32. The molecule has 1 unspecified atom stereocenters. The van der Waals surface area contributed by atoms with Crippen LogP contribution in [0.3, 0.4) is 0 Å². The molecule has 3 N–H and O–H groups in total. The minimum atomic E-state index is 0.260. The van der Waals surface area contributed by atoms with Gasteiger partial charge in [-0.1, -0.05) is 12.2 Å². The zero-order chi connectivity index (χ0) is 7.94. The van der Waals surface area contributed by atoms with Gasteiger partial charge in [0.15, 0.2) is 0 Å². The first-order valence-corrected chi connectivity index (χ1v) is 4.12. The molecule has 0 radical (unpaired) electrons. The Kier molecular flexibility index (Phi) is 4.19. The van der Waals surface area contributed by atoms with Crippen molar-refractivity contribution in [1.82, 2.24) is 5.32 Å². The summed E-state index contributed by atoms with van der Waals surface area (Å²) in [5, 5.41) is 3.20. The van der Waals surface area contributed by atoms with Crippen LogP contribution in [0.4, 0.5) is 0 Å². The van der Waals surface area contributed by atoms with E-state index >= 15 is 0 Å². The second-order valence-corrected chi connectivity index (χ2v) is 2.62. The Morgan fingerprint density at radius 3 is 3.18 bits per heavy atom. The van der Waals surface area contributed by atoms with Crippen molar-refractivity contribution in [3.05, 3.63) is 12.2 Å². The molecule has 3 nitrogen and oxygen atoms in total. The first-order chi connectivity index (χ1) is 5.43. The van der Waals surface area contributed by atoms with E-state index in [0.717, 1.165) is 26.1 Å². The van der Waals surface area contributed by atoms with E-state index in [1.807, 2.05) is 0 Å². The Balaban J connectivity index is 2.05. The molecule has 0 aliphatic carbocycles. The molecule has 1 aliphatic heterocycles. The molecule has 1 heterocycles. The molecule has 0 aromatic carbocycles. The van der Waals surface area contributed by atoms with Crippen LogP contribution in [0, 0.1) is 0 Å². The van der Waals surface area contributed by atoms with Gasteiger partial charge in [-0.3, -0.25) is 0 Å². The lowest BCUT2D eigenvalue weighted by Gasteiger charge is -2.17. The van der Waals surface area contributed by atoms with Crippen LogP contribution >= 0.6 is 0 Å². The number of nitrogens with two attached hydrogens (primary N) is 1. The molecule has 0 saturated carbocycles. The van der Waals surface area contributed by atoms with Crippen molar-refractivity contribution in [2.45, 2.75) is 12.5 Å². The normalized spacial score (nSPS) is 23.9. The van der Waals surface area contributed by atoms with E-state index in [1.54, 1.807) is 0 Å². The van der Waals surface area contributed by atoms with E-state index in [-0.39, 0.29) is 6.10 Å². The number of ether oxygens (including phenoxy) is 1. The summed E-state index contributed by atoms with van der Waals surface area (Å²) in [5.74, 6) is 0. The summed E-state index contributed by atoms with van der Waals surface area (Å²) in [7, 11) is 0. The number of nitrogens with one attached hydrogen (secondary N) is 1. The zero-order valence-corrected chi connectivity index (χ0v) is 6.75. The second-order valence-electron chi connectivity index (χ2n) is 2.62. The van der Waals surface area contributed by atoms with Crippen molar-refractivity contribution >= 4 is 0 Å². The highest BCUT2D eigenvalue weighted by Gasteiger charge is 2.06. The highest BCUT2D eigenvalue weighted by molar-refractivity contribution is 4.93. The second kappa shape index (κ2) is 5.29. The van der Waals surface area contributed by atoms with Crippen molar-refractivity contribution in [3.63, 3.8) is 0 Å². The van der Waals surface area contributed by atoms with Crippen LogP contribution in [-0.4, -0.2) is 32.3 Å². The highest BCUT2D eigenvalue weighted by atomic mass is 16.5. The third-order valence-corrected chi connectivity index (χ3v) is 1.63. The lowest BCUT2D eigenvalue weighted by molar-refractivity contribution is 0.0800. The van der Waals surface area contributed by atoms with Gasteiger partial charge in [0.25, 0.3) is 0 Å². The molecule has 0 saturated heterocycles. The summed E-state index contributed by atoms with van der Waals surface area (Å²) in [5.41, 5.74) is 5.32. The van der Waals surface area contributed by atoms with Gasteiger partial charge in [-0.25, -0.2) is 0 Å². The summed E-state index contributed by atoms with van der Waals surface area (Å²) in [6.45, 7) is 3.29. The zero-order valence-electron chi connectivity index (χ0n) is 6.75. The maximum Gasteiger partial charge on any atom is 0.0880 e. The smallest absolute Gasteiger partial charge is 0.0880 e. The third kappa shape index (κ3) is 3.51. The average Bonchev–Trinajstić information content (AvgIpc) is 2.07.